The Morgan fingerprint density at radius 2 is 2.10 bits per heavy atom. The highest BCUT2D eigenvalue weighted by Crippen LogP contribution is 2.39. The quantitative estimate of drug-likeness (QED) is 0.456. The van der Waals surface area contributed by atoms with Gasteiger partial charge in [-0.15, -0.1) is 0 Å². The largest absolute Gasteiger partial charge is 0.480 e. The first-order valence-electron chi connectivity index (χ1n) is 9.83. The summed E-state index contributed by atoms with van der Waals surface area (Å²) in [6.45, 7) is 2.86. The van der Waals surface area contributed by atoms with Gasteiger partial charge in [0.1, 0.15) is 24.7 Å². The number of anilines is 3. The molecule has 0 bridgehead atoms. The molecule has 2 rings (SSSR count). The van der Waals surface area contributed by atoms with E-state index in [1.165, 1.54) is 11.2 Å². The highest BCUT2D eigenvalue weighted by molar-refractivity contribution is 5.99. The molecule has 0 fully saturated rings. The second kappa shape index (κ2) is 10.8. The molecule has 0 radical (unpaired) electrons. The van der Waals surface area contributed by atoms with Crippen molar-refractivity contribution in [1.82, 2.24) is 15.4 Å². The Morgan fingerprint density at radius 1 is 1.34 bits per heavy atom. The standard InChI is InChI=1S/C18H31N7O4/c1-4-5-6-10-29-18(28)24-12-25(22-13(17(26)27)8-7-9-19)16-14(24)15(23(2)3)20-11-21-16/h11,13,22H,4-10,12,19H2,1-3H3,(H,26,27)/t13-/m1/s1. The van der Waals surface area contributed by atoms with Crippen LogP contribution in [-0.4, -0.2) is 67.1 Å². The SMILES string of the molecule is CCCCCOC(=O)N1CN(N[C@H](CCCN)C(=O)O)c2ncnc(N(C)C)c21. The average molecular weight is 409 g/mol. The molecule has 0 saturated carbocycles. The van der Waals surface area contributed by atoms with Crippen molar-refractivity contribution in [1.29, 1.82) is 0 Å². The van der Waals surface area contributed by atoms with Crippen molar-refractivity contribution in [3.8, 4) is 0 Å². The van der Waals surface area contributed by atoms with E-state index in [2.05, 4.69) is 22.3 Å². The van der Waals surface area contributed by atoms with Gasteiger partial charge in [-0.05, 0) is 25.8 Å². The number of amides is 1. The number of rotatable bonds is 11. The molecule has 162 valence electrons. The number of hydrogen-bond acceptors (Lipinski definition) is 9. The van der Waals surface area contributed by atoms with Gasteiger partial charge in [0.2, 0.25) is 0 Å². The molecule has 4 N–H and O–H groups in total. The predicted octanol–water partition coefficient (Wildman–Crippen LogP) is 1.15. The second-order valence-electron chi connectivity index (χ2n) is 7.03. The van der Waals surface area contributed by atoms with E-state index in [0.29, 0.717) is 43.3 Å². The maximum absolute atomic E-state index is 12.7. The third-order valence-corrected chi connectivity index (χ3v) is 4.52. The lowest BCUT2D eigenvalue weighted by Crippen LogP contribution is -2.51. The van der Waals surface area contributed by atoms with Crippen LogP contribution in [0, 0.1) is 0 Å². The monoisotopic (exact) mass is 409 g/mol. The van der Waals surface area contributed by atoms with Gasteiger partial charge in [0.05, 0.1) is 6.61 Å². The van der Waals surface area contributed by atoms with Gasteiger partial charge in [0, 0.05) is 14.1 Å². The number of unbranched alkanes of at least 4 members (excludes halogenated alkanes) is 2. The summed E-state index contributed by atoms with van der Waals surface area (Å²) in [5.41, 5.74) is 8.95. The zero-order chi connectivity index (χ0) is 21.4. The highest BCUT2D eigenvalue weighted by Gasteiger charge is 2.38. The van der Waals surface area contributed by atoms with E-state index < -0.39 is 18.1 Å². The lowest BCUT2D eigenvalue weighted by Gasteiger charge is -2.24. The minimum absolute atomic E-state index is 0.0634. The number of nitrogens with two attached hydrogens (primary N) is 1. The van der Waals surface area contributed by atoms with Gasteiger partial charge >= 0.3 is 12.1 Å². The number of ether oxygens (including phenoxy) is 1. The van der Waals surface area contributed by atoms with E-state index in [1.54, 1.807) is 9.91 Å². The summed E-state index contributed by atoms with van der Waals surface area (Å²) < 4.78 is 5.41. The second-order valence-corrected chi connectivity index (χ2v) is 7.03. The molecule has 0 spiro atoms. The normalized spacial score (nSPS) is 13.9. The summed E-state index contributed by atoms with van der Waals surface area (Å²) in [5.74, 6) is -0.0330. The smallest absolute Gasteiger partial charge is 0.416 e. The van der Waals surface area contributed by atoms with Crippen LogP contribution in [0.4, 0.5) is 22.1 Å². The van der Waals surface area contributed by atoms with E-state index in [4.69, 9.17) is 10.5 Å². The molecular weight excluding hydrogens is 378 g/mol. The number of nitrogens with zero attached hydrogens (tertiary/aromatic N) is 5. The molecule has 0 aliphatic carbocycles. The van der Waals surface area contributed by atoms with Gasteiger partial charge in [-0.2, -0.15) is 0 Å². The van der Waals surface area contributed by atoms with Crippen LogP contribution in [0.15, 0.2) is 6.33 Å². The molecule has 29 heavy (non-hydrogen) atoms. The lowest BCUT2D eigenvalue weighted by atomic mass is 10.2. The Kier molecular flexibility index (Phi) is 8.40. The fourth-order valence-electron chi connectivity index (χ4n) is 3.00. The molecular formula is C18H31N7O4. The number of aliphatic carboxylic acids is 1. The van der Waals surface area contributed by atoms with Gasteiger partial charge in [-0.3, -0.25) is 14.7 Å². The first kappa shape index (κ1) is 22.6. The summed E-state index contributed by atoms with van der Waals surface area (Å²) in [6, 6.07) is -0.857. The van der Waals surface area contributed by atoms with E-state index in [1.807, 2.05) is 14.1 Å². The Morgan fingerprint density at radius 3 is 2.72 bits per heavy atom. The lowest BCUT2D eigenvalue weighted by molar-refractivity contribution is -0.139. The van der Waals surface area contributed by atoms with E-state index in [-0.39, 0.29) is 6.67 Å². The van der Waals surface area contributed by atoms with Gasteiger partial charge in [0.15, 0.2) is 11.6 Å². The number of carbonyl (C=O) groups is 2. The van der Waals surface area contributed by atoms with Crippen LogP contribution in [0.1, 0.15) is 39.0 Å². The number of nitrogens with one attached hydrogen (secondary N) is 1. The van der Waals surface area contributed by atoms with Crippen molar-refractivity contribution in [2.24, 2.45) is 5.73 Å². The molecule has 2 heterocycles. The average Bonchev–Trinajstić information content (AvgIpc) is 3.06. The zero-order valence-corrected chi connectivity index (χ0v) is 17.3. The van der Waals surface area contributed by atoms with E-state index >= 15 is 0 Å². The molecule has 11 nitrogen and oxygen atoms in total. The van der Waals surface area contributed by atoms with Gasteiger partial charge < -0.3 is 20.5 Å². The first-order chi connectivity index (χ1) is 13.9. The summed E-state index contributed by atoms with van der Waals surface area (Å²) >= 11 is 0. The number of hydrogen-bond donors (Lipinski definition) is 3. The zero-order valence-electron chi connectivity index (χ0n) is 17.3. The van der Waals surface area contributed by atoms with Crippen molar-refractivity contribution < 1.29 is 19.4 Å². The molecule has 1 amide bonds. The van der Waals surface area contributed by atoms with Gasteiger partial charge in [0.25, 0.3) is 0 Å². The number of fused-ring (bicyclic) bond motifs is 1. The Labute approximate surface area is 170 Å². The van der Waals surface area contributed by atoms with Crippen LogP contribution in [-0.2, 0) is 9.53 Å². The van der Waals surface area contributed by atoms with E-state index in [9.17, 15) is 14.7 Å². The minimum atomic E-state index is -0.998. The fraction of sp³-hybridized carbons (Fsp3) is 0.667. The van der Waals surface area contributed by atoms with Crippen molar-refractivity contribution in [3.05, 3.63) is 6.33 Å². The number of carbonyl (C=O) groups excluding carboxylic acids is 1. The molecule has 1 aliphatic rings. The minimum Gasteiger partial charge on any atom is -0.480 e. The molecule has 0 unspecified atom stereocenters. The summed E-state index contributed by atoms with van der Waals surface area (Å²) in [5, 5.41) is 11.1. The molecule has 1 atom stereocenters. The Bertz CT molecular complexity index is 701. The third kappa shape index (κ3) is 5.67. The van der Waals surface area contributed by atoms with Crippen molar-refractivity contribution in [3.63, 3.8) is 0 Å². The van der Waals surface area contributed by atoms with Crippen molar-refractivity contribution in [2.45, 2.75) is 45.1 Å². The Balaban J connectivity index is 2.25. The van der Waals surface area contributed by atoms with Crippen molar-refractivity contribution >= 4 is 29.4 Å². The van der Waals surface area contributed by atoms with Crippen LogP contribution < -0.4 is 26.0 Å². The summed E-state index contributed by atoms with van der Waals surface area (Å²) in [4.78, 5) is 36.1. The van der Waals surface area contributed by atoms with Crippen LogP contribution in [0.3, 0.4) is 0 Å². The molecule has 1 aliphatic heterocycles. The van der Waals surface area contributed by atoms with Crippen LogP contribution in [0.2, 0.25) is 0 Å². The van der Waals surface area contributed by atoms with Crippen LogP contribution in [0.5, 0.6) is 0 Å². The van der Waals surface area contributed by atoms with Gasteiger partial charge in [-0.1, -0.05) is 19.8 Å². The summed E-state index contributed by atoms with van der Waals surface area (Å²) in [6.07, 6.45) is 4.57. The van der Waals surface area contributed by atoms with Gasteiger partial charge in [-0.25, -0.2) is 20.2 Å². The number of hydrazine groups is 1. The molecule has 0 saturated heterocycles. The topological polar surface area (TPSA) is 137 Å². The molecule has 11 heteroatoms. The maximum Gasteiger partial charge on any atom is 0.416 e. The molecule has 1 aromatic heterocycles. The van der Waals surface area contributed by atoms with E-state index in [0.717, 1.165) is 19.3 Å². The maximum atomic E-state index is 12.7. The van der Waals surface area contributed by atoms with Crippen molar-refractivity contribution in [2.75, 3.05) is 48.7 Å². The number of carboxylic acids is 1. The first-order valence-corrected chi connectivity index (χ1v) is 9.83. The summed E-state index contributed by atoms with van der Waals surface area (Å²) in [7, 11) is 3.62. The number of aromatic nitrogens is 2. The van der Waals surface area contributed by atoms with Crippen LogP contribution >= 0.6 is 0 Å². The fourth-order valence-corrected chi connectivity index (χ4v) is 3.00. The Hall–Kier alpha value is -2.66. The third-order valence-electron chi connectivity index (χ3n) is 4.52. The number of carboxylic acid groups (broad SMARTS) is 1. The van der Waals surface area contributed by atoms with Crippen LogP contribution in [0.25, 0.3) is 0 Å². The molecule has 0 aromatic carbocycles. The highest BCUT2D eigenvalue weighted by atomic mass is 16.6. The molecule has 1 aromatic rings. The predicted molar refractivity (Wildman–Crippen MR) is 110 cm³/mol.